The van der Waals surface area contributed by atoms with E-state index in [0.29, 0.717) is 15.5 Å². The minimum atomic E-state index is 0.410. The summed E-state index contributed by atoms with van der Waals surface area (Å²) in [5.74, 6) is 2.93. The van der Waals surface area contributed by atoms with Crippen LogP contribution in [-0.4, -0.2) is 0 Å². The number of hydrogen-bond donors (Lipinski definition) is 0. The lowest BCUT2D eigenvalue weighted by Crippen LogP contribution is -2.31. The molecule has 18 heavy (non-hydrogen) atoms. The van der Waals surface area contributed by atoms with E-state index in [1.54, 1.807) is 0 Å². The summed E-state index contributed by atoms with van der Waals surface area (Å²) < 4.78 is 0.948. The molecule has 4 aliphatic rings. The van der Waals surface area contributed by atoms with Gasteiger partial charge < -0.3 is 0 Å². The lowest BCUT2D eigenvalue weighted by atomic mass is 9.66. The first-order valence-corrected chi connectivity index (χ1v) is 8.27. The maximum absolute atomic E-state index is 6.26. The molecule has 4 bridgehead atoms. The van der Waals surface area contributed by atoms with Crippen molar-refractivity contribution >= 4 is 39.1 Å². The molecule has 0 amide bonds. The van der Waals surface area contributed by atoms with Crippen LogP contribution in [0.3, 0.4) is 0 Å². The Morgan fingerprint density at radius 1 is 1.06 bits per heavy atom. The topological polar surface area (TPSA) is 0 Å². The van der Waals surface area contributed by atoms with E-state index in [1.165, 1.54) is 37.7 Å². The fraction of sp³-hybridized carbons (Fsp3) is 0.600. The zero-order valence-electron chi connectivity index (χ0n) is 10.1. The van der Waals surface area contributed by atoms with Crippen molar-refractivity contribution in [2.75, 3.05) is 0 Å². The minimum absolute atomic E-state index is 0.410. The Morgan fingerprint density at radius 3 is 2.28 bits per heavy atom. The highest BCUT2D eigenvalue weighted by atomic mass is 79.9. The zero-order chi connectivity index (χ0) is 12.5. The van der Waals surface area contributed by atoms with Crippen molar-refractivity contribution < 1.29 is 0 Å². The second-order valence-electron chi connectivity index (χ2n) is 6.50. The molecule has 96 valence electrons. The van der Waals surface area contributed by atoms with Crippen LogP contribution < -0.4 is 0 Å². The maximum atomic E-state index is 6.26. The first-order chi connectivity index (χ1) is 8.57. The van der Waals surface area contributed by atoms with E-state index in [2.05, 4.69) is 28.1 Å². The Bertz CT molecular complexity index is 483. The van der Waals surface area contributed by atoms with Crippen molar-refractivity contribution in [1.82, 2.24) is 0 Å². The minimum Gasteiger partial charge on any atom is -0.0827 e. The molecule has 4 fully saturated rings. The average Bonchev–Trinajstić information content (AvgIpc) is 2.74. The van der Waals surface area contributed by atoms with Crippen LogP contribution in [0.5, 0.6) is 0 Å². The van der Waals surface area contributed by atoms with Crippen LogP contribution in [0.25, 0.3) is 0 Å². The van der Waals surface area contributed by atoms with Crippen molar-refractivity contribution in [3.8, 4) is 0 Å². The Balaban J connectivity index is 1.80. The number of benzene rings is 1. The molecule has 0 heterocycles. The lowest BCUT2D eigenvalue weighted by molar-refractivity contribution is 0.229. The van der Waals surface area contributed by atoms with Gasteiger partial charge >= 0.3 is 0 Å². The Kier molecular flexibility index (Phi) is 2.61. The van der Waals surface area contributed by atoms with Crippen molar-refractivity contribution in [3.63, 3.8) is 0 Å². The van der Waals surface area contributed by atoms with E-state index in [4.69, 9.17) is 23.2 Å². The fourth-order valence-electron chi connectivity index (χ4n) is 5.03. The first-order valence-electron chi connectivity index (χ1n) is 6.72. The van der Waals surface area contributed by atoms with Gasteiger partial charge in [0.25, 0.3) is 0 Å². The SMILES string of the molecule is Clc1cc(C23CC4CC(C2)C(C4)C3)cc(Br)c1Cl. The summed E-state index contributed by atoms with van der Waals surface area (Å²) in [7, 11) is 0. The number of rotatable bonds is 1. The molecular formula is C15H15BrCl2. The summed E-state index contributed by atoms with van der Waals surface area (Å²) in [6, 6.07) is 4.32. The van der Waals surface area contributed by atoms with Gasteiger partial charge in [0.2, 0.25) is 0 Å². The molecule has 0 aliphatic heterocycles. The van der Waals surface area contributed by atoms with E-state index in [-0.39, 0.29) is 0 Å². The molecule has 4 aliphatic carbocycles. The van der Waals surface area contributed by atoms with E-state index >= 15 is 0 Å². The Labute approximate surface area is 126 Å². The van der Waals surface area contributed by atoms with Crippen LogP contribution in [0.2, 0.25) is 10.0 Å². The van der Waals surface area contributed by atoms with Gasteiger partial charge in [0.15, 0.2) is 0 Å². The monoisotopic (exact) mass is 344 g/mol. The normalized spacial score (nSPS) is 40.7. The van der Waals surface area contributed by atoms with Crippen LogP contribution >= 0.6 is 39.1 Å². The third-order valence-corrected chi connectivity index (χ3v) is 7.18. The van der Waals surface area contributed by atoms with Gasteiger partial charge in [-0.15, -0.1) is 0 Å². The predicted octanol–water partition coefficient (Wildman–Crippen LogP) is 5.83. The molecule has 5 rings (SSSR count). The van der Waals surface area contributed by atoms with Crippen LogP contribution in [0.4, 0.5) is 0 Å². The largest absolute Gasteiger partial charge is 0.0827 e. The van der Waals surface area contributed by atoms with Crippen molar-refractivity contribution in [2.24, 2.45) is 17.8 Å². The molecule has 1 aromatic carbocycles. The average molecular weight is 346 g/mol. The first kappa shape index (κ1) is 12.1. The van der Waals surface area contributed by atoms with Crippen molar-refractivity contribution in [2.45, 2.75) is 37.5 Å². The van der Waals surface area contributed by atoms with Gasteiger partial charge in [-0.25, -0.2) is 0 Å². The van der Waals surface area contributed by atoms with E-state index < -0.39 is 0 Å². The summed E-state index contributed by atoms with van der Waals surface area (Å²) in [6.07, 6.45) is 7.07. The van der Waals surface area contributed by atoms with Crippen LogP contribution in [0, 0.1) is 17.8 Å². The standard InChI is InChI=1S/C15H15BrCl2/c16-12-3-11(4-13(17)14(12)18)15-5-8-1-9(6-15)10(2-8)7-15/h3-4,8-10H,1-2,5-7H2. The highest BCUT2D eigenvalue weighted by Gasteiger charge is 2.56. The summed E-state index contributed by atoms with van der Waals surface area (Å²) in [4.78, 5) is 0. The molecule has 0 N–H and O–H groups in total. The van der Waals surface area contributed by atoms with Crippen LogP contribution in [0.1, 0.15) is 37.7 Å². The molecule has 0 saturated heterocycles. The number of hydrogen-bond acceptors (Lipinski definition) is 0. The molecular weight excluding hydrogens is 331 g/mol. The third kappa shape index (κ3) is 1.57. The molecule has 4 saturated carbocycles. The Hall–Kier alpha value is 0.280. The maximum Gasteiger partial charge on any atom is 0.0734 e. The van der Waals surface area contributed by atoms with E-state index in [9.17, 15) is 0 Å². The summed E-state index contributed by atoms with van der Waals surface area (Å²) in [5.41, 5.74) is 1.83. The quantitative estimate of drug-likeness (QED) is 0.561. The molecule has 1 aromatic rings. The van der Waals surface area contributed by atoms with Crippen LogP contribution in [-0.2, 0) is 5.41 Å². The van der Waals surface area contributed by atoms with E-state index in [1.807, 2.05) is 0 Å². The third-order valence-electron chi connectivity index (χ3n) is 5.52. The molecule has 0 radical (unpaired) electrons. The molecule has 2 unspecified atom stereocenters. The highest BCUT2D eigenvalue weighted by molar-refractivity contribution is 9.10. The van der Waals surface area contributed by atoms with Gasteiger partial charge in [0.05, 0.1) is 10.0 Å². The van der Waals surface area contributed by atoms with Crippen molar-refractivity contribution in [1.29, 1.82) is 0 Å². The van der Waals surface area contributed by atoms with Gasteiger partial charge in [-0.05, 0) is 88.9 Å². The predicted molar refractivity (Wildman–Crippen MR) is 79.4 cm³/mol. The van der Waals surface area contributed by atoms with Gasteiger partial charge in [0.1, 0.15) is 0 Å². The van der Waals surface area contributed by atoms with Crippen LogP contribution in [0.15, 0.2) is 16.6 Å². The summed E-state index contributed by atoms with van der Waals surface area (Å²) in [6.45, 7) is 0. The highest BCUT2D eigenvalue weighted by Crippen LogP contribution is 2.65. The fourth-order valence-corrected chi connectivity index (χ4v) is 5.93. The van der Waals surface area contributed by atoms with Gasteiger partial charge in [-0.1, -0.05) is 23.2 Å². The van der Waals surface area contributed by atoms with E-state index in [0.717, 1.165) is 22.2 Å². The molecule has 0 spiro atoms. The van der Waals surface area contributed by atoms with Crippen molar-refractivity contribution in [3.05, 3.63) is 32.2 Å². The van der Waals surface area contributed by atoms with Gasteiger partial charge in [-0.3, -0.25) is 0 Å². The second-order valence-corrected chi connectivity index (χ2v) is 8.14. The zero-order valence-corrected chi connectivity index (χ0v) is 13.2. The lowest BCUT2D eigenvalue weighted by Gasteiger charge is -2.39. The molecule has 2 atom stereocenters. The summed E-state index contributed by atoms with van der Waals surface area (Å²) in [5, 5.41) is 1.34. The number of halogens is 3. The van der Waals surface area contributed by atoms with Gasteiger partial charge in [0, 0.05) is 4.47 Å². The molecule has 0 nitrogen and oxygen atoms in total. The van der Waals surface area contributed by atoms with Gasteiger partial charge in [-0.2, -0.15) is 0 Å². The molecule has 3 heteroatoms. The smallest absolute Gasteiger partial charge is 0.0734 e. The Morgan fingerprint density at radius 2 is 1.72 bits per heavy atom. The second kappa shape index (κ2) is 3.90. The summed E-state index contributed by atoms with van der Waals surface area (Å²) >= 11 is 15.9. The molecule has 0 aromatic heterocycles.